The van der Waals surface area contributed by atoms with Crippen LogP contribution < -0.4 is 14.7 Å². The molecule has 19 aromatic carbocycles. The van der Waals surface area contributed by atoms with Crippen LogP contribution in [-0.4, -0.2) is 4.57 Å². The van der Waals surface area contributed by atoms with E-state index in [1.165, 1.54) is 21.8 Å². The molecule has 120 heavy (non-hydrogen) atoms. The van der Waals surface area contributed by atoms with E-state index in [4.69, 9.17) is 8.83 Å². The van der Waals surface area contributed by atoms with Crippen LogP contribution in [-0.2, 0) is 0 Å². The van der Waals surface area contributed by atoms with Gasteiger partial charge in [0.2, 0.25) is 0 Å². The lowest BCUT2D eigenvalue weighted by Crippen LogP contribution is -2.12. The Bertz CT molecular complexity index is 7540. The van der Waals surface area contributed by atoms with Crippen molar-refractivity contribution in [2.45, 2.75) is 0 Å². The molecule has 0 saturated carbocycles. The third-order valence-electron chi connectivity index (χ3n) is 23.6. The lowest BCUT2D eigenvalue weighted by atomic mass is 9.95. The van der Waals surface area contributed by atoms with Crippen molar-refractivity contribution in [3.63, 3.8) is 0 Å². The molecule has 0 fully saturated rings. The largest absolute Gasteiger partial charge is 0.454 e. The summed E-state index contributed by atoms with van der Waals surface area (Å²) >= 11 is 0. The van der Waals surface area contributed by atoms with Gasteiger partial charge >= 0.3 is 0 Å². The van der Waals surface area contributed by atoms with Gasteiger partial charge in [0, 0.05) is 83.1 Å². The van der Waals surface area contributed by atoms with Crippen LogP contribution in [0.5, 0.6) is 0 Å². The van der Waals surface area contributed by atoms with E-state index in [-0.39, 0.29) is 0 Å². The molecule has 564 valence electrons. The second kappa shape index (κ2) is 30.3. The monoisotopic (exact) mass is 1530 g/mol. The summed E-state index contributed by atoms with van der Waals surface area (Å²) in [5.74, 6) is 0. The molecule has 0 aliphatic carbocycles. The number of benzene rings is 19. The molecule has 6 heteroatoms. The molecule has 0 unspecified atom stereocenters. The molecule has 0 spiro atoms. The third kappa shape index (κ3) is 12.8. The lowest BCUT2D eigenvalue weighted by Gasteiger charge is -2.30. The number of hydrogen-bond donors (Lipinski definition) is 0. The maximum Gasteiger partial charge on any atom is 0.159 e. The number of fused-ring (bicyclic) bond motifs is 9. The predicted octanol–water partition coefficient (Wildman–Crippen LogP) is 32.3. The third-order valence-corrected chi connectivity index (χ3v) is 23.6. The minimum absolute atomic E-state index is 0.816. The first kappa shape index (κ1) is 70.6. The molecule has 0 atom stereocenters. The molecule has 0 aliphatic rings. The molecule has 0 saturated heterocycles. The van der Waals surface area contributed by atoms with E-state index in [0.717, 1.165) is 190 Å². The SMILES string of the molecule is c1ccc(-c2ccc(N(c3cccc(-c4cccc(N(c5ccccc5-c5ccccc5)c5ccccc5-c5ccc(-c6cccc(-c7ccc(N(c8cccc(-c9cccc(-n%10c%11ccccc%11c%11ccccc%11%10)c9)c8)c8cccc9c8oc8ccccc89)cc7)c6)cc5)c4)c3)c3cccc4c3oc3c(-c5ccccc5)cccc34)cc2)cc1. The molecule has 3 heterocycles. The smallest absolute Gasteiger partial charge is 0.159 e. The Labute approximate surface area is 696 Å². The van der Waals surface area contributed by atoms with Gasteiger partial charge in [-0.05, 0) is 194 Å². The summed E-state index contributed by atoms with van der Waals surface area (Å²) in [5.41, 5.74) is 33.6. The fourth-order valence-corrected chi connectivity index (χ4v) is 17.9. The number of furan rings is 2. The highest BCUT2D eigenvalue weighted by atomic mass is 16.3. The Balaban J connectivity index is 0.598. The van der Waals surface area contributed by atoms with Gasteiger partial charge in [0.15, 0.2) is 11.2 Å². The van der Waals surface area contributed by atoms with E-state index in [1.54, 1.807) is 0 Å². The average Bonchev–Trinajstić information content (AvgIpc) is 0.852. The van der Waals surface area contributed by atoms with Crippen LogP contribution in [0.2, 0.25) is 0 Å². The standard InChI is InChI=1S/C114H76N4O2/c1-4-28-77(29-5-1)78-64-68-90(69-65-78)116(110-58-27-52-104-103-50-25-49-98(112(103)120-114(104)110)82-32-8-3-9-33-82)93-41-22-37-87(74-93)88-38-23-42-94(75-88)117(105-53-15-10-44-96(105)81-30-6-2-7-31-81)106-54-16-11-45-97(106)83-62-60-79(61-63-83)84-34-20-35-85(72-84)80-66-70-91(71-67-80)115(109-57-26-51-102-101-48-14-19-59-111(101)119-113(102)109)92-40-21-36-86(73-92)89-39-24-43-95(76-89)118-107-55-17-12-46-99(107)100-47-13-18-56-108(100)118/h1-76H. The van der Waals surface area contributed by atoms with Crippen molar-refractivity contribution >= 4 is 117 Å². The van der Waals surface area contributed by atoms with Crippen LogP contribution in [0.25, 0.3) is 160 Å². The highest BCUT2D eigenvalue weighted by Gasteiger charge is 2.27. The number of hydrogen-bond acceptors (Lipinski definition) is 5. The molecule has 22 rings (SSSR count). The van der Waals surface area contributed by atoms with Gasteiger partial charge in [-0.3, -0.25) is 0 Å². The molecular weight excluding hydrogens is 1460 g/mol. The van der Waals surface area contributed by atoms with Crippen molar-refractivity contribution < 1.29 is 8.83 Å². The molecule has 22 aromatic rings. The van der Waals surface area contributed by atoms with Gasteiger partial charge in [-0.1, -0.05) is 340 Å². The van der Waals surface area contributed by atoms with Crippen molar-refractivity contribution in [3.8, 4) is 94.7 Å². The van der Waals surface area contributed by atoms with Crippen LogP contribution in [0.4, 0.5) is 51.2 Å². The summed E-state index contributed by atoms with van der Waals surface area (Å²) in [6, 6.07) is 166. The summed E-state index contributed by atoms with van der Waals surface area (Å²) in [5, 5.41) is 6.76. The first-order valence-corrected chi connectivity index (χ1v) is 40.9. The summed E-state index contributed by atoms with van der Waals surface area (Å²) in [4.78, 5) is 7.14. The van der Waals surface area contributed by atoms with E-state index >= 15 is 0 Å². The Hall–Kier alpha value is -16.0. The van der Waals surface area contributed by atoms with Crippen LogP contribution in [0.15, 0.2) is 470 Å². The van der Waals surface area contributed by atoms with Crippen LogP contribution >= 0.6 is 0 Å². The van der Waals surface area contributed by atoms with Crippen molar-refractivity contribution in [2.75, 3.05) is 14.7 Å². The molecule has 0 bridgehead atoms. The number of anilines is 9. The summed E-state index contributed by atoms with van der Waals surface area (Å²) in [6.45, 7) is 0. The Morgan fingerprint density at radius 2 is 0.483 bits per heavy atom. The lowest BCUT2D eigenvalue weighted by molar-refractivity contribution is 0.669. The molecule has 3 aromatic heterocycles. The zero-order valence-electron chi connectivity index (χ0n) is 65.5. The predicted molar refractivity (Wildman–Crippen MR) is 503 cm³/mol. The van der Waals surface area contributed by atoms with Gasteiger partial charge < -0.3 is 28.1 Å². The normalized spacial score (nSPS) is 11.5. The fourth-order valence-electron chi connectivity index (χ4n) is 17.9. The van der Waals surface area contributed by atoms with Crippen molar-refractivity contribution in [2.24, 2.45) is 0 Å². The van der Waals surface area contributed by atoms with Gasteiger partial charge in [-0.15, -0.1) is 0 Å². The van der Waals surface area contributed by atoms with Crippen molar-refractivity contribution in [3.05, 3.63) is 461 Å². The first-order chi connectivity index (χ1) is 59.5. The van der Waals surface area contributed by atoms with Crippen molar-refractivity contribution in [1.29, 1.82) is 0 Å². The fraction of sp³-hybridized carbons (Fsp3) is 0. The van der Waals surface area contributed by atoms with Crippen LogP contribution in [0.3, 0.4) is 0 Å². The molecule has 0 aliphatic heterocycles. The zero-order chi connectivity index (χ0) is 79.4. The Morgan fingerprint density at radius 3 is 1.02 bits per heavy atom. The van der Waals surface area contributed by atoms with Gasteiger partial charge in [0.25, 0.3) is 0 Å². The summed E-state index contributed by atoms with van der Waals surface area (Å²) < 4.78 is 16.4. The molecule has 0 amide bonds. The molecule has 0 N–H and O–H groups in total. The van der Waals surface area contributed by atoms with E-state index in [0.29, 0.717) is 0 Å². The van der Waals surface area contributed by atoms with Crippen LogP contribution in [0, 0.1) is 0 Å². The summed E-state index contributed by atoms with van der Waals surface area (Å²) in [6.07, 6.45) is 0. The average molecular weight is 1530 g/mol. The first-order valence-electron chi connectivity index (χ1n) is 40.9. The maximum absolute atomic E-state index is 7.18. The minimum atomic E-state index is 0.816. The number of para-hydroxylation sites is 8. The zero-order valence-corrected chi connectivity index (χ0v) is 65.5. The van der Waals surface area contributed by atoms with Gasteiger partial charge in [0.1, 0.15) is 11.2 Å². The van der Waals surface area contributed by atoms with E-state index in [2.05, 4.69) is 474 Å². The van der Waals surface area contributed by atoms with Gasteiger partial charge in [-0.2, -0.15) is 0 Å². The number of aromatic nitrogens is 1. The molecule has 6 nitrogen and oxygen atoms in total. The quantitative estimate of drug-likeness (QED) is 0.0856. The van der Waals surface area contributed by atoms with Crippen LogP contribution in [0.1, 0.15) is 0 Å². The Kier molecular flexibility index (Phi) is 17.8. The van der Waals surface area contributed by atoms with E-state index in [1.807, 2.05) is 6.07 Å². The minimum Gasteiger partial charge on any atom is -0.454 e. The highest BCUT2D eigenvalue weighted by molar-refractivity contribution is 6.15. The number of rotatable bonds is 18. The van der Waals surface area contributed by atoms with Gasteiger partial charge in [0.05, 0.1) is 33.8 Å². The Morgan fingerprint density at radius 1 is 0.167 bits per heavy atom. The van der Waals surface area contributed by atoms with E-state index in [9.17, 15) is 0 Å². The second-order valence-corrected chi connectivity index (χ2v) is 30.7. The number of nitrogens with zero attached hydrogens (tertiary/aromatic N) is 4. The highest BCUT2D eigenvalue weighted by Crippen LogP contribution is 2.50. The van der Waals surface area contributed by atoms with E-state index < -0.39 is 0 Å². The van der Waals surface area contributed by atoms with Gasteiger partial charge in [-0.25, -0.2) is 0 Å². The maximum atomic E-state index is 7.18. The second-order valence-electron chi connectivity index (χ2n) is 30.7. The summed E-state index contributed by atoms with van der Waals surface area (Å²) in [7, 11) is 0. The molecular formula is C114H76N4O2. The topological polar surface area (TPSA) is 40.9 Å². The molecule has 0 radical (unpaired) electrons. The van der Waals surface area contributed by atoms with Crippen molar-refractivity contribution in [1.82, 2.24) is 4.57 Å².